The van der Waals surface area contributed by atoms with Crippen LogP contribution in [0, 0.1) is 0 Å². The van der Waals surface area contributed by atoms with Crippen molar-refractivity contribution in [2.75, 3.05) is 0 Å². The molecule has 0 aromatic heterocycles. The van der Waals surface area contributed by atoms with E-state index in [4.69, 9.17) is 0 Å². The fourth-order valence-corrected chi connectivity index (χ4v) is 2.55. The van der Waals surface area contributed by atoms with Crippen molar-refractivity contribution in [2.24, 2.45) is 0 Å². The molecule has 1 heteroatoms. The summed E-state index contributed by atoms with van der Waals surface area (Å²) >= 11 is 0. The second-order valence-corrected chi connectivity index (χ2v) is 4.58. The first-order valence-corrected chi connectivity index (χ1v) is 6.11. The Morgan fingerprint density at radius 1 is 0.867 bits per heavy atom. The predicted molar refractivity (Wildman–Crippen MR) is 62.9 cm³/mol. The molecule has 0 heterocycles. The molecule has 2 rings (SSSR count). The van der Waals surface area contributed by atoms with Crippen LogP contribution in [0.15, 0.2) is 30.3 Å². The molecule has 0 saturated heterocycles. The first kappa shape index (κ1) is 10.7. The van der Waals surface area contributed by atoms with E-state index < -0.39 is 0 Å². The van der Waals surface area contributed by atoms with E-state index in [9.17, 15) is 5.11 Å². The molecular weight excluding hydrogens is 184 g/mol. The summed E-state index contributed by atoms with van der Waals surface area (Å²) in [6.07, 6.45) is 7.05. The van der Waals surface area contributed by atoms with E-state index in [1.165, 1.54) is 31.2 Å². The van der Waals surface area contributed by atoms with E-state index in [1.54, 1.807) is 0 Å². The second kappa shape index (κ2) is 5.32. The Morgan fingerprint density at radius 3 is 2.27 bits per heavy atom. The van der Waals surface area contributed by atoms with Crippen LogP contribution in [0.25, 0.3) is 0 Å². The highest BCUT2D eigenvalue weighted by Gasteiger charge is 2.21. The highest BCUT2D eigenvalue weighted by Crippen LogP contribution is 2.30. The zero-order valence-corrected chi connectivity index (χ0v) is 9.23. The lowest BCUT2D eigenvalue weighted by Gasteiger charge is -2.25. The Hall–Kier alpha value is -0.820. The molecular formula is C14H20O. The van der Waals surface area contributed by atoms with Crippen molar-refractivity contribution in [2.45, 2.75) is 50.5 Å². The minimum atomic E-state index is -0.132. The van der Waals surface area contributed by atoms with E-state index in [0.29, 0.717) is 5.92 Å². The van der Waals surface area contributed by atoms with Crippen molar-refractivity contribution in [3.63, 3.8) is 0 Å². The van der Waals surface area contributed by atoms with Gasteiger partial charge in [0, 0.05) is 5.92 Å². The van der Waals surface area contributed by atoms with Gasteiger partial charge in [-0.2, -0.15) is 0 Å². The fourth-order valence-electron chi connectivity index (χ4n) is 2.55. The van der Waals surface area contributed by atoms with E-state index in [2.05, 4.69) is 24.3 Å². The zero-order chi connectivity index (χ0) is 10.5. The Morgan fingerprint density at radius 2 is 1.53 bits per heavy atom. The van der Waals surface area contributed by atoms with Crippen LogP contribution in [0.3, 0.4) is 0 Å². The number of hydrogen-bond acceptors (Lipinski definition) is 1. The molecule has 1 aliphatic carbocycles. The maximum atomic E-state index is 10.1. The monoisotopic (exact) mass is 204 g/mol. The van der Waals surface area contributed by atoms with Gasteiger partial charge in [-0.25, -0.2) is 0 Å². The molecule has 0 radical (unpaired) electrons. The van der Waals surface area contributed by atoms with E-state index in [-0.39, 0.29) is 6.10 Å². The first-order valence-electron chi connectivity index (χ1n) is 6.11. The summed E-state index contributed by atoms with van der Waals surface area (Å²) in [5.74, 6) is 0.367. The molecule has 2 atom stereocenters. The Balaban J connectivity index is 2.10. The van der Waals surface area contributed by atoms with Crippen LogP contribution >= 0.6 is 0 Å². The van der Waals surface area contributed by atoms with Gasteiger partial charge in [0.05, 0.1) is 6.10 Å². The molecule has 0 amide bonds. The highest BCUT2D eigenvalue weighted by molar-refractivity contribution is 5.20. The lowest BCUT2D eigenvalue weighted by molar-refractivity contribution is 0.119. The fraction of sp³-hybridized carbons (Fsp3) is 0.571. The number of aliphatic hydroxyl groups is 1. The molecule has 1 aromatic rings. The molecule has 0 aliphatic heterocycles. The standard InChI is InChI=1S/C14H20O/c15-14-11-7-2-1-6-10-13(14)12-8-4-3-5-9-12/h3-5,8-9,13-15H,1-2,6-7,10-11H2/t13-,14+/m1/s1. The van der Waals surface area contributed by atoms with E-state index >= 15 is 0 Å². The van der Waals surface area contributed by atoms with Gasteiger partial charge < -0.3 is 5.11 Å². The summed E-state index contributed by atoms with van der Waals surface area (Å²) in [6.45, 7) is 0. The van der Waals surface area contributed by atoms with Crippen LogP contribution < -0.4 is 0 Å². The molecule has 1 fully saturated rings. The first-order chi connectivity index (χ1) is 7.38. The van der Waals surface area contributed by atoms with E-state index in [1.807, 2.05) is 6.07 Å². The lowest BCUT2D eigenvalue weighted by Crippen LogP contribution is -2.20. The maximum absolute atomic E-state index is 10.1. The zero-order valence-electron chi connectivity index (χ0n) is 9.23. The number of aliphatic hydroxyl groups excluding tert-OH is 1. The molecule has 15 heavy (non-hydrogen) atoms. The van der Waals surface area contributed by atoms with E-state index in [0.717, 1.165) is 12.8 Å². The Labute approximate surface area is 92.1 Å². The Bertz CT molecular complexity index is 281. The van der Waals surface area contributed by atoms with Gasteiger partial charge in [0.1, 0.15) is 0 Å². The average Bonchev–Trinajstić information content (AvgIpc) is 2.25. The number of hydrogen-bond donors (Lipinski definition) is 1. The molecule has 0 bridgehead atoms. The third-order valence-corrected chi connectivity index (χ3v) is 3.46. The topological polar surface area (TPSA) is 20.2 Å². The molecule has 82 valence electrons. The van der Waals surface area contributed by atoms with Crippen molar-refractivity contribution in [3.8, 4) is 0 Å². The molecule has 0 spiro atoms. The van der Waals surface area contributed by atoms with Crippen LogP contribution in [-0.2, 0) is 0 Å². The summed E-state index contributed by atoms with van der Waals surface area (Å²) < 4.78 is 0. The van der Waals surface area contributed by atoms with Crippen molar-refractivity contribution in [1.29, 1.82) is 0 Å². The summed E-state index contributed by atoms with van der Waals surface area (Å²) in [6, 6.07) is 10.5. The van der Waals surface area contributed by atoms with Gasteiger partial charge in [0.15, 0.2) is 0 Å². The van der Waals surface area contributed by atoms with Crippen LogP contribution in [0.2, 0.25) is 0 Å². The molecule has 1 aromatic carbocycles. The van der Waals surface area contributed by atoms with Crippen molar-refractivity contribution < 1.29 is 5.11 Å². The summed E-state index contributed by atoms with van der Waals surface area (Å²) in [7, 11) is 0. The summed E-state index contributed by atoms with van der Waals surface area (Å²) in [4.78, 5) is 0. The normalized spacial score (nSPS) is 28.1. The molecule has 0 unspecified atom stereocenters. The highest BCUT2D eigenvalue weighted by atomic mass is 16.3. The van der Waals surface area contributed by atoms with Gasteiger partial charge in [0.2, 0.25) is 0 Å². The smallest absolute Gasteiger partial charge is 0.0608 e. The summed E-state index contributed by atoms with van der Waals surface area (Å²) in [5, 5.41) is 10.1. The number of benzene rings is 1. The number of rotatable bonds is 1. The van der Waals surface area contributed by atoms with Gasteiger partial charge in [-0.1, -0.05) is 56.0 Å². The second-order valence-electron chi connectivity index (χ2n) is 4.58. The molecule has 1 saturated carbocycles. The van der Waals surface area contributed by atoms with Gasteiger partial charge >= 0.3 is 0 Å². The largest absolute Gasteiger partial charge is 0.392 e. The van der Waals surface area contributed by atoms with Crippen molar-refractivity contribution >= 4 is 0 Å². The molecule has 1 N–H and O–H groups in total. The van der Waals surface area contributed by atoms with Gasteiger partial charge in [-0.15, -0.1) is 0 Å². The van der Waals surface area contributed by atoms with Crippen LogP contribution in [0.4, 0.5) is 0 Å². The minimum absolute atomic E-state index is 0.132. The lowest BCUT2D eigenvalue weighted by atomic mass is 9.84. The third-order valence-electron chi connectivity index (χ3n) is 3.46. The molecule has 1 nitrogen and oxygen atoms in total. The maximum Gasteiger partial charge on any atom is 0.0608 e. The van der Waals surface area contributed by atoms with Gasteiger partial charge in [-0.3, -0.25) is 0 Å². The minimum Gasteiger partial charge on any atom is -0.392 e. The van der Waals surface area contributed by atoms with Crippen LogP contribution in [-0.4, -0.2) is 11.2 Å². The van der Waals surface area contributed by atoms with Crippen molar-refractivity contribution in [1.82, 2.24) is 0 Å². The predicted octanol–water partition coefficient (Wildman–Crippen LogP) is 3.49. The molecule has 1 aliphatic rings. The third kappa shape index (κ3) is 2.82. The van der Waals surface area contributed by atoms with Crippen LogP contribution in [0.1, 0.15) is 50.0 Å². The SMILES string of the molecule is O[C@H]1CCCCCC[C@@H]1c1ccccc1. The van der Waals surface area contributed by atoms with Crippen molar-refractivity contribution in [3.05, 3.63) is 35.9 Å². The van der Waals surface area contributed by atoms with Crippen LogP contribution in [0.5, 0.6) is 0 Å². The van der Waals surface area contributed by atoms with Gasteiger partial charge in [0.25, 0.3) is 0 Å². The summed E-state index contributed by atoms with van der Waals surface area (Å²) in [5.41, 5.74) is 1.31. The quantitative estimate of drug-likeness (QED) is 0.742. The van der Waals surface area contributed by atoms with Gasteiger partial charge in [-0.05, 0) is 18.4 Å². The Kier molecular flexibility index (Phi) is 3.79. The average molecular weight is 204 g/mol.